The van der Waals surface area contributed by atoms with Crippen molar-refractivity contribution in [2.24, 2.45) is 11.7 Å². The molecular weight excluding hydrogens is 342 g/mol. The number of amides is 1. The monoisotopic (exact) mass is 365 g/mol. The number of primary amides is 1. The second-order valence-corrected chi connectivity index (χ2v) is 7.17. The first-order chi connectivity index (χ1) is 13.1. The molecule has 7 heteroatoms. The summed E-state index contributed by atoms with van der Waals surface area (Å²) in [6.07, 6.45) is 3.53. The van der Waals surface area contributed by atoms with Crippen molar-refractivity contribution in [3.8, 4) is 0 Å². The smallest absolute Gasteiger partial charge is 0.248 e. The number of rotatable bonds is 6. The molecule has 0 bridgehead atoms. The fourth-order valence-electron chi connectivity index (χ4n) is 3.69. The van der Waals surface area contributed by atoms with Crippen LogP contribution in [0.1, 0.15) is 40.9 Å². The number of nitrogens with one attached hydrogen (secondary N) is 1. The summed E-state index contributed by atoms with van der Waals surface area (Å²) in [6.45, 7) is 0.556. The zero-order valence-electron chi connectivity index (χ0n) is 15.0. The minimum absolute atomic E-state index is 0.164. The molecule has 1 aliphatic carbocycles. The highest BCUT2D eigenvalue weighted by Gasteiger charge is 2.23. The van der Waals surface area contributed by atoms with Crippen molar-refractivity contribution in [3.05, 3.63) is 59.3 Å². The van der Waals surface area contributed by atoms with Crippen LogP contribution in [0.5, 0.6) is 0 Å². The molecular formula is C20H23N5O2. The van der Waals surface area contributed by atoms with E-state index in [2.05, 4.69) is 21.5 Å². The molecule has 2 atom stereocenters. The summed E-state index contributed by atoms with van der Waals surface area (Å²) in [7, 11) is 0. The summed E-state index contributed by atoms with van der Waals surface area (Å²) in [5, 5.41) is 17.6. The van der Waals surface area contributed by atoms with Gasteiger partial charge in [-0.25, -0.2) is 4.52 Å². The normalized spacial score (nSPS) is 19.4. The number of aliphatic hydroxyl groups is 1. The number of aliphatic hydroxyl groups excluding tert-OH is 1. The maximum absolute atomic E-state index is 11.1. The first-order valence-electron chi connectivity index (χ1n) is 9.24. The van der Waals surface area contributed by atoms with Gasteiger partial charge in [0.2, 0.25) is 11.9 Å². The highest BCUT2D eigenvalue weighted by molar-refractivity contribution is 5.92. The molecule has 0 spiro atoms. The maximum atomic E-state index is 11.1. The second-order valence-electron chi connectivity index (χ2n) is 7.17. The maximum Gasteiger partial charge on any atom is 0.248 e. The van der Waals surface area contributed by atoms with Gasteiger partial charge in [-0.2, -0.15) is 4.98 Å². The number of carbonyl (C=O) groups excluding carboxylic acids is 1. The van der Waals surface area contributed by atoms with Gasteiger partial charge in [0.15, 0.2) is 5.65 Å². The predicted octanol–water partition coefficient (Wildman–Crippen LogP) is 2.14. The van der Waals surface area contributed by atoms with Crippen molar-refractivity contribution in [1.29, 1.82) is 0 Å². The van der Waals surface area contributed by atoms with Crippen LogP contribution < -0.4 is 11.1 Å². The van der Waals surface area contributed by atoms with Gasteiger partial charge < -0.3 is 16.2 Å². The quantitative estimate of drug-likeness (QED) is 0.621. The molecule has 2 aromatic heterocycles. The van der Waals surface area contributed by atoms with Crippen LogP contribution in [-0.2, 0) is 13.0 Å². The number of carbonyl (C=O) groups is 1. The minimum Gasteiger partial charge on any atom is -0.393 e. The number of aromatic nitrogens is 3. The van der Waals surface area contributed by atoms with Crippen molar-refractivity contribution >= 4 is 17.5 Å². The summed E-state index contributed by atoms with van der Waals surface area (Å²) in [6, 6.07) is 13.2. The molecule has 0 aliphatic heterocycles. The molecule has 4 rings (SSSR count). The van der Waals surface area contributed by atoms with E-state index >= 15 is 0 Å². The number of hydrogen-bond donors (Lipinski definition) is 3. The lowest BCUT2D eigenvalue weighted by Gasteiger charge is -2.10. The third-order valence-corrected chi connectivity index (χ3v) is 5.14. The molecule has 7 nitrogen and oxygen atoms in total. The zero-order chi connectivity index (χ0) is 18.8. The second kappa shape index (κ2) is 7.36. The van der Waals surface area contributed by atoms with Gasteiger partial charge in [-0.15, -0.1) is 5.10 Å². The summed E-state index contributed by atoms with van der Waals surface area (Å²) in [5.74, 6) is 0.627. The van der Waals surface area contributed by atoms with Crippen molar-refractivity contribution < 1.29 is 9.90 Å². The van der Waals surface area contributed by atoms with Crippen molar-refractivity contribution in [2.75, 3.05) is 5.32 Å². The lowest BCUT2D eigenvalue weighted by molar-refractivity contribution is 0.1000. The van der Waals surface area contributed by atoms with E-state index in [1.165, 1.54) is 0 Å². The first-order valence-corrected chi connectivity index (χ1v) is 9.24. The molecule has 2 heterocycles. The molecule has 4 N–H and O–H groups in total. The van der Waals surface area contributed by atoms with Crippen molar-refractivity contribution in [3.63, 3.8) is 0 Å². The Morgan fingerprint density at radius 3 is 2.74 bits per heavy atom. The van der Waals surface area contributed by atoms with E-state index in [-0.39, 0.29) is 6.10 Å². The zero-order valence-corrected chi connectivity index (χ0v) is 15.0. The molecule has 0 radical (unpaired) electrons. The Balaban J connectivity index is 1.46. The molecule has 2 unspecified atom stereocenters. The highest BCUT2D eigenvalue weighted by atomic mass is 16.3. The Labute approximate surface area is 157 Å². The van der Waals surface area contributed by atoms with Gasteiger partial charge in [-0.1, -0.05) is 18.2 Å². The third kappa shape index (κ3) is 3.93. The van der Waals surface area contributed by atoms with Crippen LogP contribution in [-0.4, -0.2) is 31.7 Å². The van der Waals surface area contributed by atoms with Crippen LogP contribution in [0.25, 0.3) is 5.65 Å². The van der Waals surface area contributed by atoms with Gasteiger partial charge in [0.25, 0.3) is 0 Å². The van der Waals surface area contributed by atoms with Crippen LogP contribution in [0, 0.1) is 5.92 Å². The molecule has 3 aromatic rings. The molecule has 0 saturated heterocycles. The molecule has 1 fully saturated rings. The fourth-order valence-corrected chi connectivity index (χ4v) is 3.69. The van der Waals surface area contributed by atoms with Gasteiger partial charge >= 0.3 is 0 Å². The Bertz CT molecular complexity index is 951. The van der Waals surface area contributed by atoms with E-state index in [1.807, 2.05) is 28.8 Å². The SMILES string of the molecule is NC(=O)c1ccc(CNc2nc3cccc(CC4CCC(O)C4)n3n2)cc1. The predicted molar refractivity (Wildman–Crippen MR) is 102 cm³/mol. The summed E-state index contributed by atoms with van der Waals surface area (Å²) >= 11 is 0. The lowest BCUT2D eigenvalue weighted by atomic mass is 10.0. The van der Waals surface area contributed by atoms with Gasteiger partial charge in [-0.3, -0.25) is 4.79 Å². The summed E-state index contributed by atoms with van der Waals surface area (Å²) in [4.78, 5) is 15.7. The van der Waals surface area contributed by atoms with E-state index < -0.39 is 5.91 Å². The average Bonchev–Trinajstić information content (AvgIpc) is 3.26. The third-order valence-electron chi connectivity index (χ3n) is 5.14. The van der Waals surface area contributed by atoms with Crippen LogP contribution in [0.3, 0.4) is 0 Å². The van der Waals surface area contributed by atoms with Gasteiger partial charge in [0, 0.05) is 17.8 Å². The lowest BCUT2D eigenvalue weighted by Crippen LogP contribution is -2.11. The van der Waals surface area contributed by atoms with E-state index in [9.17, 15) is 9.90 Å². The van der Waals surface area contributed by atoms with Crippen molar-refractivity contribution in [1.82, 2.24) is 14.6 Å². The van der Waals surface area contributed by atoms with E-state index in [0.29, 0.717) is 24.0 Å². The minimum atomic E-state index is -0.432. The van der Waals surface area contributed by atoms with Gasteiger partial charge in [0.05, 0.1) is 6.10 Å². The molecule has 140 valence electrons. The Hall–Kier alpha value is -2.93. The van der Waals surface area contributed by atoms with E-state index in [4.69, 9.17) is 5.73 Å². The number of nitrogens with zero attached hydrogens (tertiary/aromatic N) is 3. The Morgan fingerprint density at radius 2 is 2.04 bits per heavy atom. The standard InChI is InChI=1S/C20H23N5O2/c21-19(27)15-7-4-13(5-8-15)12-22-20-23-18-3-1-2-16(25(18)24-20)10-14-6-9-17(26)11-14/h1-5,7-8,14,17,26H,6,9-12H2,(H2,21,27)(H,22,24). The van der Waals surface area contributed by atoms with E-state index in [0.717, 1.165) is 42.6 Å². The summed E-state index contributed by atoms with van der Waals surface area (Å²) in [5.41, 5.74) is 8.68. The number of benzene rings is 1. The number of nitrogens with two attached hydrogens (primary N) is 1. The molecule has 1 saturated carbocycles. The average molecular weight is 365 g/mol. The number of pyridine rings is 1. The largest absolute Gasteiger partial charge is 0.393 e. The Kier molecular flexibility index (Phi) is 4.77. The molecule has 1 aromatic carbocycles. The molecule has 1 amide bonds. The number of hydrogen-bond acceptors (Lipinski definition) is 5. The molecule has 1 aliphatic rings. The van der Waals surface area contributed by atoms with Crippen LogP contribution in [0.4, 0.5) is 5.95 Å². The van der Waals surface area contributed by atoms with Crippen LogP contribution in [0.2, 0.25) is 0 Å². The Morgan fingerprint density at radius 1 is 1.22 bits per heavy atom. The van der Waals surface area contributed by atoms with Gasteiger partial charge in [-0.05, 0) is 61.4 Å². The highest BCUT2D eigenvalue weighted by Crippen LogP contribution is 2.28. The molecule has 27 heavy (non-hydrogen) atoms. The summed E-state index contributed by atoms with van der Waals surface area (Å²) < 4.78 is 1.88. The first kappa shape index (κ1) is 17.5. The van der Waals surface area contributed by atoms with Crippen LogP contribution >= 0.6 is 0 Å². The fraction of sp³-hybridized carbons (Fsp3) is 0.350. The number of fused-ring (bicyclic) bond motifs is 1. The van der Waals surface area contributed by atoms with E-state index in [1.54, 1.807) is 12.1 Å². The number of anilines is 1. The van der Waals surface area contributed by atoms with Gasteiger partial charge in [0.1, 0.15) is 0 Å². The topological polar surface area (TPSA) is 106 Å². The van der Waals surface area contributed by atoms with Crippen molar-refractivity contribution in [2.45, 2.75) is 38.3 Å². The van der Waals surface area contributed by atoms with Crippen LogP contribution in [0.15, 0.2) is 42.5 Å².